The van der Waals surface area contributed by atoms with Crippen molar-refractivity contribution >= 4 is 38.3 Å². The Morgan fingerprint density at radius 2 is 1.91 bits per heavy atom. The molecule has 0 aliphatic carbocycles. The summed E-state index contributed by atoms with van der Waals surface area (Å²) in [7, 11) is 0. The number of amides is 1. The molecule has 1 aliphatic heterocycles. The fourth-order valence-corrected chi connectivity index (χ4v) is 6.00. The molecule has 2 atom stereocenters. The molecule has 0 saturated heterocycles. The molecule has 2 N–H and O–H groups in total. The number of benzene rings is 3. The van der Waals surface area contributed by atoms with Crippen molar-refractivity contribution in [2.24, 2.45) is 5.92 Å². The number of rotatable bonds is 10. The summed E-state index contributed by atoms with van der Waals surface area (Å²) in [5.74, 6) is -0.945. The topological polar surface area (TPSA) is 126 Å². The van der Waals surface area contributed by atoms with E-state index < -0.39 is 17.4 Å². The number of hydrogen-bond acceptors (Lipinski definition) is 7. The van der Waals surface area contributed by atoms with Crippen molar-refractivity contribution < 1.29 is 15.0 Å². The van der Waals surface area contributed by atoms with E-state index in [-0.39, 0.29) is 18.7 Å². The first-order valence-electron chi connectivity index (χ1n) is 14.4. The molecular weight excluding hydrogens is 624 g/mol. The SMILES string of the molecule is C[C@@H](/C=C/CCn1cc(CCO)nn1)[C@]1(O)C(=O)N(Cc2cccc(-n3ncc4ccccc4c3=O)c2)c2ccc(Br)cc21. The Morgan fingerprint density at radius 1 is 1.07 bits per heavy atom. The molecule has 6 rings (SSSR count). The van der Waals surface area contributed by atoms with Crippen LogP contribution in [-0.4, -0.2) is 47.5 Å². The number of fused-ring (bicyclic) bond motifs is 2. The standard InChI is InChI=1S/C33H31BrN6O4/c1-22(7-4-5-15-38-21-26(14-16-41)36-37-38)33(44)29-18-25(34)12-13-30(29)39(32(33)43)20-23-8-6-10-27(17-23)40-31(42)28-11-3-2-9-24(28)19-35-40/h2-4,6-13,17-19,21-22,41,44H,5,14-16,20H2,1H3/b7-4+/t22-,33+/m0/s1. The number of allylic oxidation sites excluding steroid dienone is 1. The van der Waals surface area contributed by atoms with Gasteiger partial charge in [0, 0.05) is 47.1 Å². The summed E-state index contributed by atoms with van der Waals surface area (Å²) in [5.41, 5.74) is 1.26. The number of carbonyl (C=O) groups is 1. The Morgan fingerprint density at radius 3 is 2.75 bits per heavy atom. The first-order chi connectivity index (χ1) is 21.3. The van der Waals surface area contributed by atoms with E-state index in [0.29, 0.717) is 41.7 Å². The average Bonchev–Trinajstić information content (AvgIpc) is 3.56. The molecule has 11 heteroatoms. The highest BCUT2D eigenvalue weighted by Gasteiger charge is 2.52. The maximum Gasteiger partial charge on any atom is 0.279 e. The van der Waals surface area contributed by atoms with Crippen LogP contribution in [0, 0.1) is 5.92 Å². The van der Waals surface area contributed by atoms with Gasteiger partial charge in [0.25, 0.3) is 11.5 Å². The first kappa shape index (κ1) is 29.6. The Hall–Kier alpha value is -4.45. The van der Waals surface area contributed by atoms with Gasteiger partial charge in [0.05, 0.1) is 35.2 Å². The Labute approximate surface area is 262 Å². The number of halogens is 1. The van der Waals surface area contributed by atoms with Crippen molar-refractivity contribution in [2.45, 2.75) is 38.5 Å². The van der Waals surface area contributed by atoms with Crippen LogP contribution in [0.3, 0.4) is 0 Å². The number of aromatic nitrogens is 5. The number of aliphatic hydroxyl groups excluding tert-OH is 1. The number of carbonyl (C=O) groups excluding carboxylic acids is 1. The molecule has 0 saturated carbocycles. The van der Waals surface area contributed by atoms with E-state index in [0.717, 1.165) is 21.1 Å². The molecule has 3 aromatic carbocycles. The van der Waals surface area contributed by atoms with Crippen LogP contribution in [0.5, 0.6) is 0 Å². The first-order valence-corrected chi connectivity index (χ1v) is 15.2. The molecule has 44 heavy (non-hydrogen) atoms. The fraction of sp³-hybridized carbons (Fsp3) is 0.242. The third kappa shape index (κ3) is 5.49. The zero-order chi connectivity index (χ0) is 30.8. The second-order valence-corrected chi connectivity index (χ2v) is 11.8. The van der Waals surface area contributed by atoms with Crippen molar-refractivity contribution in [1.82, 2.24) is 24.8 Å². The molecule has 10 nitrogen and oxygen atoms in total. The molecule has 5 aromatic rings. The largest absolute Gasteiger partial charge is 0.396 e. The van der Waals surface area contributed by atoms with Crippen LogP contribution in [0.4, 0.5) is 5.69 Å². The summed E-state index contributed by atoms with van der Waals surface area (Å²) < 4.78 is 3.83. The van der Waals surface area contributed by atoms with Gasteiger partial charge >= 0.3 is 0 Å². The van der Waals surface area contributed by atoms with Gasteiger partial charge in [-0.15, -0.1) is 5.10 Å². The van der Waals surface area contributed by atoms with Crippen LogP contribution in [-0.2, 0) is 29.9 Å². The van der Waals surface area contributed by atoms with E-state index in [2.05, 4.69) is 31.3 Å². The van der Waals surface area contributed by atoms with Crippen LogP contribution in [0.25, 0.3) is 16.5 Å². The average molecular weight is 656 g/mol. The minimum atomic E-state index is -1.77. The lowest BCUT2D eigenvalue weighted by atomic mass is 9.83. The smallest absolute Gasteiger partial charge is 0.279 e. The Kier molecular flexibility index (Phi) is 8.26. The Balaban J connectivity index is 1.24. The second-order valence-electron chi connectivity index (χ2n) is 10.9. The molecular formula is C33H31BrN6O4. The third-order valence-electron chi connectivity index (χ3n) is 7.99. The normalized spacial score (nSPS) is 17.1. The maximum absolute atomic E-state index is 14.0. The Bertz CT molecular complexity index is 1940. The number of aryl methyl sites for hydroxylation is 1. The lowest BCUT2D eigenvalue weighted by Crippen LogP contribution is -2.44. The summed E-state index contributed by atoms with van der Waals surface area (Å²) in [4.78, 5) is 28.8. The highest BCUT2D eigenvalue weighted by molar-refractivity contribution is 9.10. The van der Waals surface area contributed by atoms with Crippen molar-refractivity contribution in [3.63, 3.8) is 0 Å². The second kappa shape index (κ2) is 12.3. The van der Waals surface area contributed by atoms with Crippen LogP contribution >= 0.6 is 15.9 Å². The number of aliphatic hydroxyl groups is 2. The molecule has 0 fully saturated rings. The van der Waals surface area contributed by atoms with Crippen molar-refractivity contribution in [2.75, 3.05) is 11.5 Å². The number of anilines is 1. The highest BCUT2D eigenvalue weighted by Crippen LogP contribution is 2.46. The van der Waals surface area contributed by atoms with Crippen LogP contribution in [0.15, 0.2) is 101 Å². The molecule has 1 amide bonds. The van der Waals surface area contributed by atoms with E-state index in [4.69, 9.17) is 5.11 Å². The zero-order valence-electron chi connectivity index (χ0n) is 24.0. The summed E-state index contributed by atoms with van der Waals surface area (Å²) in [6.07, 6.45) is 8.33. The molecule has 0 spiro atoms. The van der Waals surface area contributed by atoms with Gasteiger partial charge in [-0.05, 0) is 48.4 Å². The maximum atomic E-state index is 14.0. The predicted molar refractivity (Wildman–Crippen MR) is 170 cm³/mol. The lowest BCUT2D eigenvalue weighted by Gasteiger charge is -2.28. The minimum absolute atomic E-state index is 0.0183. The van der Waals surface area contributed by atoms with Gasteiger partial charge in [-0.2, -0.15) is 9.78 Å². The predicted octanol–water partition coefficient (Wildman–Crippen LogP) is 4.29. The van der Waals surface area contributed by atoms with Gasteiger partial charge in [-0.25, -0.2) is 0 Å². The highest BCUT2D eigenvalue weighted by atomic mass is 79.9. The molecule has 224 valence electrons. The van der Waals surface area contributed by atoms with Gasteiger partial charge in [0.1, 0.15) is 0 Å². The van der Waals surface area contributed by atoms with Crippen LogP contribution in [0.2, 0.25) is 0 Å². The molecule has 1 aliphatic rings. The van der Waals surface area contributed by atoms with Gasteiger partial charge in [0.15, 0.2) is 5.60 Å². The summed E-state index contributed by atoms with van der Waals surface area (Å²) >= 11 is 3.50. The molecule has 3 heterocycles. The van der Waals surface area contributed by atoms with E-state index in [9.17, 15) is 14.7 Å². The third-order valence-corrected chi connectivity index (χ3v) is 8.48. The van der Waals surface area contributed by atoms with E-state index >= 15 is 0 Å². The van der Waals surface area contributed by atoms with Crippen molar-refractivity contribution in [1.29, 1.82) is 0 Å². The van der Waals surface area contributed by atoms with Gasteiger partial charge in [-0.1, -0.05) is 70.6 Å². The van der Waals surface area contributed by atoms with E-state index in [1.165, 1.54) is 4.68 Å². The lowest BCUT2D eigenvalue weighted by molar-refractivity contribution is -0.139. The van der Waals surface area contributed by atoms with Gasteiger partial charge in [-0.3, -0.25) is 14.3 Å². The minimum Gasteiger partial charge on any atom is -0.396 e. The van der Waals surface area contributed by atoms with E-state index in [1.54, 1.807) is 40.2 Å². The molecule has 0 unspecified atom stereocenters. The summed E-state index contributed by atoms with van der Waals surface area (Å²) in [6.45, 7) is 2.62. The molecule has 2 aromatic heterocycles. The van der Waals surface area contributed by atoms with Gasteiger partial charge in [0.2, 0.25) is 0 Å². The summed E-state index contributed by atoms with van der Waals surface area (Å²) in [6, 6.07) is 20.2. The fourth-order valence-electron chi connectivity index (χ4n) is 5.64. The van der Waals surface area contributed by atoms with Crippen LogP contribution in [0.1, 0.15) is 30.2 Å². The van der Waals surface area contributed by atoms with Crippen molar-refractivity contribution in [3.05, 3.63) is 123 Å². The number of nitrogens with zero attached hydrogens (tertiary/aromatic N) is 6. The summed E-state index contributed by atoms with van der Waals surface area (Å²) in [5, 5.41) is 34.9. The quantitative estimate of drug-likeness (QED) is 0.215. The van der Waals surface area contributed by atoms with Crippen molar-refractivity contribution in [3.8, 4) is 5.69 Å². The molecule has 0 radical (unpaired) electrons. The van der Waals surface area contributed by atoms with Gasteiger partial charge < -0.3 is 15.1 Å². The number of hydrogen-bond donors (Lipinski definition) is 2. The monoisotopic (exact) mass is 654 g/mol. The zero-order valence-corrected chi connectivity index (χ0v) is 25.6. The molecule has 0 bridgehead atoms. The van der Waals surface area contributed by atoms with E-state index in [1.807, 2.05) is 67.6 Å². The van der Waals surface area contributed by atoms with Crippen LogP contribution < -0.4 is 10.5 Å².